The van der Waals surface area contributed by atoms with Gasteiger partial charge in [-0.25, -0.2) is 4.79 Å². The quantitative estimate of drug-likeness (QED) is 0.687. The van der Waals surface area contributed by atoms with Crippen molar-refractivity contribution >= 4 is 6.03 Å². The topological polar surface area (TPSA) is 100 Å². The van der Waals surface area contributed by atoms with Gasteiger partial charge >= 0.3 is 6.03 Å². The SMILES string of the molecule is CCC(O)(CC)CNC(=O)NCCc1nnc(-c2ccccc2)o1. The van der Waals surface area contributed by atoms with Crippen LogP contribution in [0.2, 0.25) is 0 Å². The summed E-state index contributed by atoms with van der Waals surface area (Å²) in [5.74, 6) is 0.929. The second-order valence-corrected chi connectivity index (χ2v) is 5.66. The van der Waals surface area contributed by atoms with Crippen molar-refractivity contribution in [2.75, 3.05) is 13.1 Å². The van der Waals surface area contributed by atoms with E-state index in [1.54, 1.807) is 0 Å². The van der Waals surface area contributed by atoms with Gasteiger partial charge in [0.05, 0.1) is 5.60 Å². The lowest BCUT2D eigenvalue weighted by atomic mass is 9.98. The molecular weight excluding hydrogens is 308 g/mol. The molecule has 3 N–H and O–H groups in total. The van der Waals surface area contributed by atoms with E-state index in [1.807, 2.05) is 44.2 Å². The van der Waals surface area contributed by atoms with Crippen molar-refractivity contribution in [3.05, 3.63) is 36.2 Å². The summed E-state index contributed by atoms with van der Waals surface area (Å²) in [6.45, 7) is 4.38. The Morgan fingerprint density at radius 1 is 1.17 bits per heavy atom. The van der Waals surface area contributed by atoms with Crippen molar-refractivity contribution in [1.82, 2.24) is 20.8 Å². The van der Waals surface area contributed by atoms with E-state index >= 15 is 0 Å². The van der Waals surface area contributed by atoms with Crippen molar-refractivity contribution in [1.29, 1.82) is 0 Å². The van der Waals surface area contributed by atoms with Gasteiger partial charge in [-0.1, -0.05) is 32.0 Å². The van der Waals surface area contributed by atoms with E-state index in [0.29, 0.717) is 37.6 Å². The number of hydrogen-bond acceptors (Lipinski definition) is 5. The van der Waals surface area contributed by atoms with Gasteiger partial charge < -0.3 is 20.2 Å². The molecule has 0 aliphatic heterocycles. The van der Waals surface area contributed by atoms with Crippen molar-refractivity contribution in [2.45, 2.75) is 38.7 Å². The van der Waals surface area contributed by atoms with Crippen LogP contribution in [0.4, 0.5) is 4.79 Å². The first-order chi connectivity index (χ1) is 11.6. The summed E-state index contributed by atoms with van der Waals surface area (Å²) < 4.78 is 5.57. The molecule has 7 nitrogen and oxygen atoms in total. The summed E-state index contributed by atoms with van der Waals surface area (Å²) in [6, 6.07) is 9.19. The van der Waals surface area contributed by atoms with Crippen LogP contribution in [0.25, 0.3) is 11.5 Å². The molecule has 24 heavy (non-hydrogen) atoms. The van der Waals surface area contributed by atoms with Crippen LogP contribution in [0.1, 0.15) is 32.6 Å². The third-order valence-corrected chi connectivity index (χ3v) is 4.01. The molecule has 0 radical (unpaired) electrons. The van der Waals surface area contributed by atoms with E-state index in [0.717, 1.165) is 5.56 Å². The van der Waals surface area contributed by atoms with Crippen LogP contribution in [0.15, 0.2) is 34.7 Å². The number of carbonyl (C=O) groups excluding carboxylic acids is 1. The molecule has 0 bridgehead atoms. The first kappa shape index (κ1) is 17.9. The molecule has 1 heterocycles. The molecule has 0 aliphatic carbocycles. The Bertz CT molecular complexity index is 638. The first-order valence-corrected chi connectivity index (χ1v) is 8.18. The van der Waals surface area contributed by atoms with Crippen LogP contribution in [0, 0.1) is 0 Å². The van der Waals surface area contributed by atoms with Gasteiger partial charge in [-0.05, 0) is 25.0 Å². The van der Waals surface area contributed by atoms with Crippen LogP contribution in [0.3, 0.4) is 0 Å². The minimum absolute atomic E-state index is 0.227. The Labute approximate surface area is 141 Å². The maximum absolute atomic E-state index is 11.7. The molecule has 7 heteroatoms. The smallest absolute Gasteiger partial charge is 0.314 e. The molecule has 0 saturated heterocycles. The number of hydrogen-bond donors (Lipinski definition) is 3. The van der Waals surface area contributed by atoms with E-state index < -0.39 is 5.60 Å². The predicted octanol–water partition coefficient (Wildman–Crippen LogP) is 2.13. The minimum atomic E-state index is -0.853. The number of nitrogens with zero attached hydrogens (tertiary/aromatic N) is 2. The van der Waals surface area contributed by atoms with Gasteiger partial charge in [0.15, 0.2) is 0 Å². The standard InChI is InChI=1S/C17H24N4O3/c1-3-17(23,4-2)12-19-16(22)18-11-10-14-20-21-15(24-14)13-8-6-5-7-9-13/h5-9,23H,3-4,10-12H2,1-2H3,(H2,18,19,22). The van der Waals surface area contributed by atoms with Gasteiger partial charge in [0, 0.05) is 25.1 Å². The molecule has 130 valence electrons. The van der Waals surface area contributed by atoms with Crippen LogP contribution in [-0.4, -0.2) is 40.0 Å². The summed E-state index contributed by atoms with van der Waals surface area (Å²) in [4.78, 5) is 11.7. The van der Waals surface area contributed by atoms with Crippen molar-refractivity contribution < 1.29 is 14.3 Å². The molecule has 2 amide bonds. The zero-order valence-electron chi connectivity index (χ0n) is 14.1. The highest BCUT2D eigenvalue weighted by atomic mass is 16.4. The Morgan fingerprint density at radius 3 is 2.54 bits per heavy atom. The highest BCUT2D eigenvalue weighted by molar-refractivity contribution is 5.73. The van der Waals surface area contributed by atoms with Crippen molar-refractivity contribution in [3.63, 3.8) is 0 Å². The van der Waals surface area contributed by atoms with E-state index in [2.05, 4.69) is 20.8 Å². The summed E-state index contributed by atoms with van der Waals surface area (Å²) >= 11 is 0. The Morgan fingerprint density at radius 2 is 1.88 bits per heavy atom. The van der Waals surface area contributed by atoms with Crippen molar-refractivity contribution in [2.24, 2.45) is 0 Å². The maximum Gasteiger partial charge on any atom is 0.314 e. The van der Waals surface area contributed by atoms with Gasteiger partial charge in [0.2, 0.25) is 11.8 Å². The third kappa shape index (κ3) is 5.06. The maximum atomic E-state index is 11.7. The normalized spacial score (nSPS) is 11.3. The molecule has 0 fully saturated rings. The minimum Gasteiger partial charge on any atom is -0.421 e. The van der Waals surface area contributed by atoms with Crippen LogP contribution >= 0.6 is 0 Å². The molecular formula is C17H24N4O3. The lowest BCUT2D eigenvalue weighted by Crippen LogP contribution is -2.46. The lowest BCUT2D eigenvalue weighted by Gasteiger charge is -2.25. The predicted molar refractivity (Wildman–Crippen MR) is 90.4 cm³/mol. The Kier molecular flexibility index (Phi) is 6.31. The average molecular weight is 332 g/mol. The van der Waals surface area contributed by atoms with Gasteiger partial charge in [0.25, 0.3) is 0 Å². The molecule has 0 unspecified atom stereocenters. The molecule has 0 spiro atoms. The first-order valence-electron chi connectivity index (χ1n) is 8.18. The fourth-order valence-electron chi connectivity index (χ4n) is 2.14. The molecule has 0 saturated carbocycles. The van der Waals surface area contributed by atoms with Crippen LogP contribution in [0.5, 0.6) is 0 Å². The summed E-state index contributed by atoms with van der Waals surface area (Å²) in [7, 11) is 0. The van der Waals surface area contributed by atoms with Gasteiger partial charge in [0.1, 0.15) is 0 Å². The van der Waals surface area contributed by atoms with Crippen molar-refractivity contribution in [3.8, 4) is 11.5 Å². The zero-order chi connectivity index (χ0) is 17.4. The third-order valence-electron chi connectivity index (χ3n) is 4.01. The molecule has 1 aromatic heterocycles. The number of carbonyl (C=O) groups is 1. The summed E-state index contributed by atoms with van der Waals surface area (Å²) in [5.41, 5.74) is 0.00869. The molecule has 2 rings (SSSR count). The van der Waals surface area contributed by atoms with E-state index in [-0.39, 0.29) is 12.6 Å². The Balaban J connectivity index is 1.74. The Hall–Kier alpha value is -2.41. The number of amides is 2. The summed E-state index contributed by atoms with van der Waals surface area (Å²) in [5, 5.41) is 23.5. The fraction of sp³-hybridized carbons (Fsp3) is 0.471. The van der Waals surface area contributed by atoms with Gasteiger partial charge in [-0.2, -0.15) is 0 Å². The summed E-state index contributed by atoms with van der Waals surface area (Å²) in [6.07, 6.45) is 1.63. The largest absolute Gasteiger partial charge is 0.421 e. The number of aliphatic hydroxyl groups is 1. The van der Waals surface area contributed by atoms with E-state index in [1.165, 1.54) is 0 Å². The fourth-order valence-corrected chi connectivity index (χ4v) is 2.14. The lowest BCUT2D eigenvalue weighted by molar-refractivity contribution is 0.0349. The van der Waals surface area contributed by atoms with Gasteiger partial charge in [-0.3, -0.25) is 0 Å². The monoisotopic (exact) mass is 332 g/mol. The molecule has 2 aromatic rings. The van der Waals surface area contributed by atoms with Gasteiger partial charge in [-0.15, -0.1) is 10.2 Å². The molecule has 0 atom stereocenters. The van der Waals surface area contributed by atoms with Crippen LogP contribution in [-0.2, 0) is 6.42 Å². The second kappa shape index (κ2) is 8.44. The van der Waals surface area contributed by atoms with E-state index in [9.17, 15) is 9.90 Å². The number of nitrogens with one attached hydrogen (secondary N) is 2. The molecule has 0 aliphatic rings. The highest BCUT2D eigenvalue weighted by Crippen LogP contribution is 2.16. The molecule has 1 aromatic carbocycles. The van der Waals surface area contributed by atoms with Crippen LogP contribution < -0.4 is 10.6 Å². The highest BCUT2D eigenvalue weighted by Gasteiger charge is 2.22. The van der Waals surface area contributed by atoms with E-state index in [4.69, 9.17) is 4.42 Å². The number of urea groups is 1. The second-order valence-electron chi connectivity index (χ2n) is 5.66. The number of rotatable bonds is 8. The number of benzene rings is 1. The average Bonchev–Trinajstić information content (AvgIpc) is 3.09. The number of aromatic nitrogens is 2. The zero-order valence-corrected chi connectivity index (χ0v) is 14.1.